The van der Waals surface area contributed by atoms with Crippen LogP contribution in [0, 0.1) is 13.8 Å². The maximum atomic E-state index is 12.5. The molecule has 0 saturated heterocycles. The fourth-order valence-corrected chi connectivity index (χ4v) is 4.24. The summed E-state index contributed by atoms with van der Waals surface area (Å²) in [6, 6.07) is 17.5. The third-order valence-electron chi connectivity index (χ3n) is 5.53. The Labute approximate surface area is 206 Å². The Balaban J connectivity index is 1.70. The van der Waals surface area contributed by atoms with Gasteiger partial charge in [0.15, 0.2) is 0 Å². The van der Waals surface area contributed by atoms with Crippen LogP contribution in [0.5, 0.6) is 11.5 Å². The smallest absolute Gasteiger partial charge is 0.271 e. The van der Waals surface area contributed by atoms with Gasteiger partial charge in [0.2, 0.25) is 10.0 Å². The number of carbonyl (C=O) groups is 1. The summed E-state index contributed by atoms with van der Waals surface area (Å²) in [6.45, 7) is 4.07. The van der Waals surface area contributed by atoms with E-state index in [4.69, 9.17) is 9.47 Å². The number of hydrogen-bond donors (Lipinski definition) is 1. The van der Waals surface area contributed by atoms with E-state index >= 15 is 0 Å². The topological polar surface area (TPSA) is 97.3 Å². The summed E-state index contributed by atoms with van der Waals surface area (Å²) in [5.74, 6) is 0.815. The first-order chi connectivity index (χ1) is 16.6. The van der Waals surface area contributed by atoms with E-state index in [9.17, 15) is 13.2 Å². The lowest BCUT2D eigenvalue weighted by atomic mass is 10.1. The number of benzene rings is 3. The van der Waals surface area contributed by atoms with E-state index in [1.165, 1.54) is 23.9 Å². The largest absolute Gasteiger partial charge is 0.497 e. The van der Waals surface area contributed by atoms with Crippen LogP contribution in [0.15, 0.2) is 65.8 Å². The number of ether oxygens (including phenoxy) is 2. The van der Waals surface area contributed by atoms with E-state index in [0.717, 1.165) is 16.7 Å². The minimum atomic E-state index is -3.50. The Bertz CT molecular complexity index is 1340. The molecule has 8 nitrogen and oxygen atoms in total. The summed E-state index contributed by atoms with van der Waals surface area (Å²) in [6.07, 6.45) is 2.66. The van der Waals surface area contributed by atoms with Gasteiger partial charge in [0.25, 0.3) is 5.91 Å². The Morgan fingerprint density at radius 2 is 1.69 bits per heavy atom. The van der Waals surface area contributed by atoms with Crippen molar-refractivity contribution in [2.75, 3.05) is 24.8 Å². The molecule has 0 bridgehead atoms. The second kappa shape index (κ2) is 11.1. The number of sulfonamides is 1. The molecule has 0 spiro atoms. The van der Waals surface area contributed by atoms with Crippen LogP contribution < -0.4 is 19.2 Å². The van der Waals surface area contributed by atoms with Crippen LogP contribution in [0.3, 0.4) is 0 Å². The molecule has 0 aliphatic carbocycles. The van der Waals surface area contributed by atoms with Gasteiger partial charge in [-0.25, -0.2) is 13.8 Å². The molecule has 0 heterocycles. The van der Waals surface area contributed by atoms with Gasteiger partial charge in [-0.1, -0.05) is 18.2 Å². The van der Waals surface area contributed by atoms with Crippen molar-refractivity contribution >= 4 is 27.8 Å². The van der Waals surface area contributed by atoms with Gasteiger partial charge in [0.1, 0.15) is 11.5 Å². The molecule has 184 valence electrons. The van der Waals surface area contributed by atoms with Crippen LogP contribution in [-0.4, -0.2) is 41.0 Å². The molecule has 3 aromatic rings. The van der Waals surface area contributed by atoms with Crippen LogP contribution in [0.4, 0.5) is 5.69 Å². The maximum absolute atomic E-state index is 12.5. The van der Waals surface area contributed by atoms with Gasteiger partial charge in [0.05, 0.1) is 38.9 Å². The first-order valence-corrected chi connectivity index (χ1v) is 12.7. The SMILES string of the molecule is COc1ccc(/C=N/NC(=O)c2ccc(CN(c3ccc(C)c(C)c3)S(C)(=O)=O)cc2)c(OC)c1. The first-order valence-electron chi connectivity index (χ1n) is 10.8. The zero-order valence-electron chi connectivity index (χ0n) is 20.4. The number of rotatable bonds is 9. The van der Waals surface area contributed by atoms with E-state index in [-0.39, 0.29) is 6.54 Å². The molecule has 0 unspecified atom stereocenters. The van der Waals surface area contributed by atoms with Gasteiger partial charge in [-0.05, 0) is 66.9 Å². The predicted octanol–water partition coefficient (Wildman–Crippen LogP) is 4.05. The number of methoxy groups -OCH3 is 2. The maximum Gasteiger partial charge on any atom is 0.271 e. The van der Waals surface area contributed by atoms with Crippen molar-refractivity contribution in [3.8, 4) is 11.5 Å². The number of carbonyl (C=O) groups excluding carboxylic acids is 1. The molecular formula is C26H29N3O5S. The molecule has 0 aliphatic heterocycles. The monoisotopic (exact) mass is 495 g/mol. The molecule has 0 radical (unpaired) electrons. The number of hydrogen-bond acceptors (Lipinski definition) is 6. The van der Waals surface area contributed by atoms with Crippen LogP contribution in [0.25, 0.3) is 0 Å². The average Bonchev–Trinajstić information content (AvgIpc) is 2.84. The highest BCUT2D eigenvalue weighted by Gasteiger charge is 2.18. The third-order valence-corrected chi connectivity index (χ3v) is 6.67. The fraction of sp³-hybridized carbons (Fsp3) is 0.231. The van der Waals surface area contributed by atoms with E-state index < -0.39 is 15.9 Å². The Hall–Kier alpha value is -3.85. The molecule has 9 heteroatoms. The Morgan fingerprint density at radius 3 is 2.29 bits per heavy atom. The molecule has 1 N–H and O–H groups in total. The summed E-state index contributed by atoms with van der Waals surface area (Å²) < 4.78 is 36.7. The zero-order valence-corrected chi connectivity index (χ0v) is 21.2. The van der Waals surface area contributed by atoms with Crippen LogP contribution in [-0.2, 0) is 16.6 Å². The quantitative estimate of drug-likeness (QED) is 0.357. The van der Waals surface area contributed by atoms with Crippen molar-refractivity contribution in [2.45, 2.75) is 20.4 Å². The number of nitrogens with zero attached hydrogens (tertiary/aromatic N) is 2. The van der Waals surface area contributed by atoms with E-state index in [1.54, 1.807) is 55.6 Å². The third kappa shape index (κ3) is 6.60. The van der Waals surface area contributed by atoms with Gasteiger partial charge >= 0.3 is 0 Å². The second-order valence-corrected chi connectivity index (χ2v) is 9.95. The summed E-state index contributed by atoms with van der Waals surface area (Å²) in [4.78, 5) is 12.5. The van der Waals surface area contributed by atoms with Gasteiger partial charge in [-0.2, -0.15) is 5.10 Å². The first kappa shape index (κ1) is 25.8. The summed E-state index contributed by atoms with van der Waals surface area (Å²) in [5, 5.41) is 4.01. The van der Waals surface area contributed by atoms with E-state index in [0.29, 0.717) is 28.3 Å². The highest BCUT2D eigenvalue weighted by atomic mass is 32.2. The minimum absolute atomic E-state index is 0.151. The van der Waals surface area contributed by atoms with E-state index in [2.05, 4.69) is 10.5 Å². The Kier molecular flexibility index (Phi) is 8.14. The highest BCUT2D eigenvalue weighted by molar-refractivity contribution is 7.92. The second-order valence-electron chi connectivity index (χ2n) is 8.04. The number of amides is 1. The van der Waals surface area contributed by atoms with Crippen molar-refractivity contribution in [3.63, 3.8) is 0 Å². The highest BCUT2D eigenvalue weighted by Crippen LogP contribution is 2.24. The lowest BCUT2D eigenvalue weighted by molar-refractivity contribution is 0.0955. The van der Waals surface area contributed by atoms with Gasteiger partial charge in [-0.15, -0.1) is 0 Å². The fourth-order valence-electron chi connectivity index (χ4n) is 3.36. The summed E-state index contributed by atoms with van der Waals surface area (Å²) >= 11 is 0. The van der Waals surface area contributed by atoms with Crippen molar-refractivity contribution in [2.24, 2.45) is 5.10 Å². The van der Waals surface area contributed by atoms with Crippen molar-refractivity contribution in [1.82, 2.24) is 5.43 Å². The summed E-state index contributed by atoms with van der Waals surface area (Å²) in [5.41, 5.74) is 7.00. The van der Waals surface area contributed by atoms with Crippen LogP contribution in [0.2, 0.25) is 0 Å². The van der Waals surface area contributed by atoms with Crippen molar-refractivity contribution in [1.29, 1.82) is 0 Å². The predicted molar refractivity (Wildman–Crippen MR) is 138 cm³/mol. The molecule has 0 saturated carbocycles. The molecule has 3 rings (SSSR count). The molecule has 35 heavy (non-hydrogen) atoms. The van der Waals surface area contributed by atoms with Gasteiger partial charge < -0.3 is 9.47 Å². The van der Waals surface area contributed by atoms with E-state index in [1.807, 2.05) is 26.0 Å². The number of hydrazone groups is 1. The zero-order chi connectivity index (χ0) is 25.6. The number of aryl methyl sites for hydroxylation is 2. The van der Waals surface area contributed by atoms with Crippen molar-refractivity contribution < 1.29 is 22.7 Å². The molecule has 1 amide bonds. The van der Waals surface area contributed by atoms with Crippen molar-refractivity contribution in [3.05, 3.63) is 88.5 Å². The molecular weight excluding hydrogens is 466 g/mol. The molecule has 0 aliphatic rings. The Morgan fingerprint density at radius 1 is 0.971 bits per heavy atom. The lowest BCUT2D eigenvalue weighted by Crippen LogP contribution is -2.29. The summed E-state index contributed by atoms with van der Waals surface area (Å²) in [7, 11) is -0.400. The average molecular weight is 496 g/mol. The number of anilines is 1. The standard InChI is InChI=1S/C26H29N3O5S/c1-18-6-12-23(14-19(18)2)29(35(5,31)32)17-20-7-9-21(10-8-20)26(30)28-27-16-22-11-13-24(33-3)15-25(22)34-4/h6-16H,17H2,1-5H3,(H,28,30)/b27-16+. The molecule has 0 fully saturated rings. The minimum Gasteiger partial charge on any atom is -0.497 e. The van der Waals surface area contributed by atoms with Gasteiger partial charge in [0, 0.05) is 17.2 Å². The van der Waals surface area contributed by atoms with Crippen LogP contribution in [0.1, 0.15) is 32.6 Å². The molecule has 0 aromatic heterocycles. The normalized spacial score (nSPS) is 11.3. The lowest BCUT2D eigenvalue weighted by Gasteiger charge is -2.23. The molecule has 3 aromatic carbocycles. The van der Waals surface area contributed by atoms with Crippen LogP contribution >= 0.6 is 0 Å². The van der Waals surface area contributed by atoms with Gasteiger partial charge in [-0.3, -0.25) is 9.10 Å². The number of nitrogens with one attached hydrogen (secondary N) is 1. The molecule has 0 atom stereocenters.